The van der Waals surface area contributed by atoms with Gasteiger partial charge in [0.15, 0.2) is 5.69 Å². The summed E-state index contributed by atoms with van der Waals surface area (Å²) in [7, 11) is 3.47. The summed E-state index contributed by atoms with van der Waals surface area (Å²) in [6.07, 6.45) is 2.06. The molecule has 1 aliphatic rings. The molecule has 2 rings (SSSR count). The van der Waals surface area contributed by atoms with Crippen LogP contribution in [0.3, 0.4) is 0 Å². The number of methoxy groups -OCH3 is 1. The summed E-state index contributed by atoms with van der Waals surface area (Å²) in [4.78, 5) is 18.1. The molecule has 1 aliphatic heterocycles. The molecule has 20 heavy (non-hydrogen) atoms. The van der Waals surface area contributed by atoms with E-state index in [-0.39, 0.29) is 5.69 Å². The summed E-state index contributed by atoms with van der Waals surface area (Å²) >= 11 is 0. The third-order valence-corrected chi connectivity index (χ3v) is 3.87. The third kappa shape index (κ3) is 3.19. The maximum Gasteiger partial charge on any atom is 0.356 e. The van der Waals surface area contributed by atoms with Gasteiger partial charge in [0.05, 0.1) is 12.8 Å². The SMILES string of the molecule is COC(=O)c1ccc(N)c(NC2CCN(C)C(C)C2)n1. The number of carbonyl (C=O) groups excluding carboxylic acids is 1. The van der Waals surface area contributed by atoms with Crippen molar-refractivity contribution in [2.75, 3.05) is 31.8 Å². The van der Waals surface area contributed by atoms with Gasteiger partial charge in [0, 0.05) is 18.6 Å². The summed E-state index contributed by atoms with van der Waals surface area (Å²) in [5, 5.41) is 3.35. The normalized spacial score (nSPS) is 23.4. The Bertz CT molecular complexity index is 492. The first-order valence-electron chi connectivity index (χ1n) is 6.83. The topological polar surface area (TPSA) is 80.5 Å². The molecule has 1 saturated heterocycles. The Hall–Kier alpha value is -1.82. The molecular weight excluding hydrogens is 256 g/mol. The van der Waals surface area contributed by atoms with E-state index in [0.29, 0.717) is 23.6 Å². The standard InChI is InChI=1S/C14H22N4O2/c1-9-8-10(6-7-18(9)2)16-13-11(15)4-5-12(17-13)14(19)20-3/h4-5,9-10H,6-8,15H2,1-3H3,(H,16,17). The highest BCUT2D eigenvalue weighted by Gasteiger charge is 2.23. The minimum absolute atomic E-state index is 0.269. The van der Waals surface area contributed by atoms with E-state index in [1.54, 1.807) is 12.1 Å². The third-order valence-electron chi connectivity index (χ3n) is 3.87. The van der Waals surface area contributed by atoms with Crippen LogP contribution in [-0.2, 0) is 4.74 Å². The highest BCUT2D eigenvalue weighted by atomic mass is 16.5. The molecule has 0 spiro atoms. The molecule has 0 aromatic carbocycles. The number of carbonyl (C=O) groups is 1. The molecule has 0 saturated carbocycles. The first-order chi connectivity index (χ1) is 9.51. The Morgan fingerprint density at radius 3 is 2.95 bits per heavy atom. The van der Waals surface area contributed by atoms with Crippen LogP contribution in [0.2, 0.25) is 0 Å². The van der Waals surface area contributed by atoms with Crippen LogP contribution >= 0.6 is 0 Å². The number of nitrogens with zero attached hydrogens (tertiary/aromatic N) is 2. The summed E-state index contributed by atoms with van der Waals surface area (Å²) < 4.78 is 4.68. The monoisotopic (exact) mass is 278 g/mol. The Morgan fingerprint density at radius 1 is 1.55 bits per heavy atom. The molecule has 2 unspecified atom stereocenters. The number of hydrogen-bond donors (Lipinski definition) is 2. The van der Waals surface area contributed by atoms with Crippen LogP contribution in [-0.4, -0.2) is 48.6 Å². The Labute approximate surface area is 119 Å². The molecule has 6 heteroatoms. The molecular formula is C14H22N4O2. The molecule has 0 bridgehead atoms. The average molecular weight is 278 g/mol. The number of ether oxygens (including phenoxy) is 1. The van der Waals surface area contributed by atoms with Crippen molar-refractivity contribution in [1.82, 2.24) is 9.88 Å². The predicted octanol–water partition coefficient (Wildman–Crippen LogP) is 1.34. The fourth-order valence-electron chi connectivity index (χ4n) is 2.42. The van der Waals surface area contributed by atoms with Crippen molar-refractivity contribution in [2.24, 2.45) is 0 Å². The Balaban J connectivity index is 2.10. The second-order valence-corrected chi connectivity index (χ2v) is 5.32. The molecule has 1 aromatic rings. The Kier molecular flexibility index (Phi) is 4.44. The van der Waals surface area contributed by atoms with Crippen LogP contribution in [0.1, 0.15) is 30.3 Å². The van der Waals surface area contributed by atoms with Crippen molar-refractivity contribution >= 4 is 17.5 Å². The van der Waals surface area contributed by atoms with Gasteiger partial charge in [-0.3, -0.25) is 0 Å². The van der Waals surface area contributed by atoms with Crippen molar-refractivity contribution in [3.8, 4) is 0 Å². The maximum atomic E-state index is 11.5. The number of rotatable bonds is 3. The number of esters is 1. The summed E-state index contributed by atoms with van der Waals surface area (Å²) in [6.45, 7) is 3.24. The number of piperidine rings is 1. The van der Waals surface area contributed by atoms with Gasteiger partial charge in [-0.2, -0.15) is 0 Å². The van der Waals surface area contributed by atoms with Crippen molar-refractivity contribution in [3.05, 3.63) is 17.8 Å². The largest absolute Gasteiger partial charge is 0.464 e. The van der Waals surface area contributed by atoms with Gasteiger partial charge in [-0.25, -0.2) is 9.78 Å². The van der Waals surface area contributed by atoms with Crippen molar-refractivity contribution in [3.63, 3.8) is 0 Å². The fraction of sp³-hybridized carbons (Fsp3) is 0.571. The van der Waals surface area contributed by atoms with Crippen LogP contribution in [0.5, 0.6) is 0 Å². The zero-order valence-corrected chi connectivity index (χ0v) is 12.2. The Morgan fingerprint density at radius 2 is 2.30 bits per heavy atom. The predicted molar refractivity (Wildman–Crippen MR) is 78.7 cm³/mol. The van der Waals surface area contributed by atoms with Crippen LogP contribution in [0, 0.1) is 0 Å². The number of hydrogen-bond acceptors (Lipinski definition) is 6. The fourth-order valence-corrected chi connectivity index (χ4v) is 2.42. The van der Waals surface area contributed by atoms with Gasteiger partial charge in [0.1, 0.15) is 5.82 Å². The van der Waals surface area contributed by atoms with Crippen LogP contribution in [0.25, 0.3) is 0 Å². The number of nitrogens with one attached hydrogen (secondary N) is 1. The quantitative estimate of drug-likeness (QED) is 0.812. The van der Waals surface area contributed by atoms with Crippen LogP contribution in [0.4, 0.5) is 11.5 Å². The van der Waals surface area contributed by atoms with E-state index in [0.717, 1.165) is 19.4 Å². The van der Waals surface area contributed by atoms with E-state index >= 15 is 0 Å². The number of pyridine rings is 1. The molecule has 0 aliphatic carbocycles. The highest BCUT2D eigenvalue weighted by molar-refractivity contribution is 5.88. The molecule has 2 atom stereocenters. The minimum atomic E-state index is -0.454. The zero-order chi connectivity index (χ0) is 14.7. The molecule has 0 amide bonds. The smallest absolute Gasteiger partial charge is 0.356 e. The molecule has 0 radical (unpaired) electrons. The summed E-state index contributed by atoms with van der Waals surface area (Å²) in [6, 6.07) is 4.10. The van der Waals surface area contributed by atoms with E-state index in [4.69, 9.17) is 5.73 Å². The van der Waals surface area contributed by atoms with E-state index in [9.17, 15) is 4.79 Å². The lowest BCUT2D eigenvalue weighted by Gasteiger charge is -2.35. The van der Waals surface area contributed by atoms with Gasteiger partial charge < -0.3 is 20.7 Å². The summed E-state index contributed by atoms with van der Waals surface area (Å²) in [5.41, 5.74) is 6.74. The zero-order valence-electron chi connectivity index (χ0n) is 12.2. The minimum Gasteiger partial charge on any atom is -0.464 e. The van der Waals surface area contributed by atoms with Gasteiger partial charge in [-0.1, -0.05) is 0 Å². The lowest BCUT2D eigenvalue weighted by atomic mass is 9.99. The number of aromatic nitrogens is 1. The molecule has 1 fully saturated rings. The second-order valence-electron chi connectivity index (χ2n) is 5.32. The van der Waals surface area contributed by atoms with E-state index in [1.807, 2.05) is 0 Å². The van der Waals surface area contributed by atoms with Gasteiger partial charge in [-0.15, -0.1) is 0 Å². The van der Waals surface area contributed by atoms with Crippen molar-refractivity contribution < 1.29 is 9.53 Å². The summed E-state index contributed by atoms with van der Waals surface area (Å²) in [5.74, 6) is 0.111. The van der Waals surface area contributed by atoms with Gasteiger partial charge in [0.25, 0.3) is 0 Å². The van der Waals surface area contributed by atoms with Gasteiger partial charge in [0.2, 0.25) is 0 Å². The van der Waals surface area contributed by atoms with Gasteiger partial charge >= 0.3 is 5.97 Å². The van der Waals surface area contributed by atoms with Gasteiger partial charge in [-0.05, 0) is 38.9 Å². The molecule has 110 valence electrons. The first kappa shape index (κ1) is 14.6. The molecule has 2 heterocycles. The highest BCUT2D eigenvalue weighted by Crippen LogP contribution is 2.22. The van der Waals surface area contributed by atoms with Crippen LogP contribution < -0.4 is 11.1 Å². The number of nitrogens with two attached hydrogens (primary N) is 1. The molecule has 1 aromatic heterocycles. The number of likely N-dealkylation sites (tertiary alicyclic amines) is 1. The second kappa shape index (κ2) is 6.09. The van der Waals surface area contributed by atoms with E-state index in [1.165, 1.54) is 7.11 Å². The first-order valence-corrected chi connectivity index (χ1v) is 6.83. The lowest BCUT2D eigenvalue weighted by Crippen LogP contribution is -2.42. The van der Waals surface area contributed by atoms with E-state index < -0.39 is 5.97 Å². The van der Waals surface area contributed by atoms with E-state index in [2.05, 4.69) is 33.9 Å². The van der Waals surface area contributed by atoms with Crippen molar-refractivity contribution in [1.29, 1.82) is 0 Å². The molecule has 6 nitrogen and oxygen atoms in total. The average Bonchev–Trinajstić information content (AvgIpc) is 2.44. The lowest BCUT2D eigenvalue weighted by molar-refractivity contribution is 0.0594. The maximum absolute atomic E-state index is 11.5. The molecule has 3 N–H and O–H groups in total. The number of nitrogen functional groups attached to an aromatic ring is 1. The van der Waals surface area contributed by atoms with Crippen LogP contribution in [0.15, 0.2) is 12.1 Å². The van der Waals surface area contributed by atoms with Crippen molar-refractivity contribution in [2.45, 2.75) is 31.8 Å². The number of anilines is 2.